The molecule has 0 amide bonds. The minimum atomic E-state index is -3.52. The highest BCUT2D eigenvalue weighted by Crippen LogP contribution is 2.27. The van der Waals surface area contributed by atoms with Crippen molar-refractivity contribution < 1.29 is 17.9 Å². The van der Waals surface area contributed by atoms with E-state index in [2.05, 4.69) is 0 Å². The van der Waals surface area contributed by atoms with Gasteiger partial charge in [-0.3, -0.25) is 4.79 Å². The molecular weight excluding hydrogens is 280 g/mol. The minimum Gasteiger partial charge on any atom is -0.459 e. The Morgan fingerprint density at radius 2 is 1.70 bits per heavy atom. The SMILES string of the molecule is CC(C)(C)OC(=O)[C@@H]1CCCN1S(=O)(=O)N1CCCC1. The molecule has 1 atom stereocenters. The molecule has 2 rings (SSSR count). The molecular formula is C13H24N2O4S. The summed E-state index contributed by atoms with van der Waals surface area (Å²) in [4.78, 5) is 12.2. The van der Waals surface area contributed by atoms with Crippen molar-refractivity contribution >= 4 is 16.2 Å². The normalized spacial score (nSPS) is 26.1. The maximum absolute atomic E-state index is 12.6. The summed E-state index contributed by atoms with van der Waals surface area (Å²) < 4.78 is 33.3. The van der Waals surface area contributed by atoms with E-state index in [1.54, 1.807) is 20.8 Å². The van der Waals surface area contributed by atoms with Crippen LogP contribution in [0.5, 0.6) is 0 Å². The molecule has 116 valence electrons. The summed E-state index contributed by atoms with van der Waals surface area (Å²) in [5.41, 5.74) is -0.594. The molecule has 2 aliphatic rings. The second-order valence-corrected chi connectivity index (χ2v) is 8.30. The Kier molecular flexibility index (Phi) is 4.41. The van der Waals surface area contributed by atoms with Crippen LogP contribution in [0, 0.1) is 0 Å². The first-order valence-corrected chi connectivity index (χ1v) is 8.61. The number of esters is 1. The van der Waals surface area contributed by atoms with Crippen LogP contribution < -0.4 is 0 Å². The van der Waals surface area contributed by atoms with Crippen LogP contribution in [0.25, 0.3) is 0 Å². The van der Waals surface area contributed by atoms with E-state index < -0.39 is 27.8 Å². The lowest BCUT2D eigenvalue weighted by Crippen LogP contribution is -2.48. The van der Waals surface area contributed by atoms with Gasteiger partial charge in [-0.1, -0.05) is 0 Å². The van der Waals surface area contributed by atoms with Crippen LogP contribution in [-0.4, -0.2) is 54.3 Å². The molecule has 0 unspecified atom stereocenters. The van der Waals surface area contributed by atoms with Crippen LogP contribution >= 0.6 is 0 Å². The molecule has 0 aliphatic carbocycles. The lowest BCUT2D eigenvalue weighted by molar-refractivity contribution is -0.158. The van der Waals surface area contributed by atoms with Gasteiger partial charge in [-0.15, -0.1) is 0 Å². The maximum Gasteiger partial charge on any atom is 0.325 e. The summed E-state index contributed by atoms with van der Waals surface area (Å²) in [6, 6.07) is -0.667. The Hall–Kier alpha value is -0.660. The Bertz CT molecular complexity index is 463. The van der Waals surface area contributed by atoms with Crippen molar-refractivity contribution in [2.24, 2.45) is 0 Å². The molecule has 2 heterocycles. The minimum absolute atomic E-state index is 0.405. The van der Waals surface area contributed by atoms with Crippen LogP contribution in [0.2, 0.25) is 0 Å². The Labute approximate surface area is 121 Å². The van der Waals surface area contributed by atoms with Crippen LogP contribution in [0.1, 0.15) is 46.5 Å². The molecule has 2 saturated heterocycles. The summed E-state index contributed by atoms with van der Waals surface area (Å²) >= 11 is 0. The average Bonchev–Trinajstić information content (AvgIpc) is 2.99. The van der Waals surface area contributed by atoms with Crippen LogP contribution in [0.3, 0.4) is 0 Å². The number of rotatable bonds is 3. The van der Waals surface area contributed by atoms with Crippen molar-refractivity contribution in [3.8, 4) is 0 Å². The molecule has 6 nitrogen and oxygen atoms in total. The van der Waals surface area contributed by atoms with Gasteiger partial charge >= 0.3 is 5.97 Å². The lowest BCUT2D eigenvalue weighted by atomic mass is 10.2. The van der Waals surface area contributed by atoms with Gasteiger partial charge in [-0.25, -0.2) is 0 Å². The number of ether oxygens (including phenoxy) is 1. The average molecular weight is 304 g/mol. The molecule has 0 aromatic carbocycles. The fourth-order valence-corrected chi connectivity index (χ4v) is 4.58. The topological polar surface area (TPSA) is 66.9 Å². The van der Waals surface area contributed by atoms with E-state index in [9.17, 15) is 13.2 Å². The van der Waals surface area contributed by atoms with Crippen molar-refractivity contribution in [3.05, 3.63) is 0 Å². The Morgan fingerprint density at radius 1 is 1.10 bits per heavy atom. The maximum atomic E-state index is 12.6. The van der Waals surface area contributed by atoms with E-state index in [1.807, 2.05) is 0 Å². The fourth-order valence-electron chi connectivity index (χ4n) is 2.69. The van der Waals surface area contributed by atoms with Crippen LogP contribution in [0.15, 0.2) is 0 Å². The van der Waals surface area contributed by atoms with Gasteiger partial charge < -0.3 is 4.74 Å². The van der Waals surface area contributed by atoms with E-state index in [-0.39, 0.29) is 0 Å². The first-order chi connectivity index (χ1) is 9.22. The zero-order valence-electron chi connectivity index (χ0n) is 12.5. The predicted octanol–water partition coefficient (Wildman–Crippen LogP) is 1.13. The van der Waals surface area contributed by atoms with Crippen molar-refractivity contribution in [2.75, 3.05) is 19.6 Å². The van der Waals surface area contributed by atoms with Crippen molar-refractivity contribution in [3.63, 3.8) is 0 Å². The zero-order valence-corrected chi connectivity index (χ0v) is 13.3. The summed E-state index contributed by atoms with van der Waals surface area (Å²) in [5.74, 6) is -0.433. The summed E-state index contributed by atoms with van der Waals surface area (Å²) in [6.45, 7) is 6.89. The van der Waals surface area contributed by atoms with Crippen LogP contribution in [-0.2, 0) is 19.7 Å². The predicted molar refractivity (Wildman–Crippen MR) is 75.3 cm³/mol. The van der Waals surface area contributed by atoms with Gasteiger partial charge in [0.1, 0.15) is 11.6 Å². The smallest absolute Gasteiger partial charge is 0.325 e. The molecule has 0 aromatic rings. The number of hydrogen-bond donors (Lipinski definition) is 0. The van der Waals surface area contributed by atoms with Gasteiger partial charge in [0.15, 0.2) is 0 Å². The van der Waals surface area contributed by atoms with Crippen molar-refractivity contribution in [1.29, 1.82) is 0 Å². The molecule has 2 aliphatic heterocycles. The van der Waals surface area contributed by atoms with E-state index >= 15 is 0 Å². The third kappa shape index (κ3) is 3.32. The summed E-state index contributed by atoms with van der Waals surface area (Å²) in [6.07, 6.45) is 3.04. The van der Waals surface area contributed by atoms with Gasteiger partial charge in [-0.2, -0.15) is 17.0 Å². The molecule has 2 fully saturated rings. The Balaban J connectivity index is 2.12. The molecule has 0 spiro atoms. The first-order valence-electron chi connectivity index (χ1n) is 7.21. The third-order valence-electron chi connectivity index (χ3n) is 3.57. The van der Waals surface area contributed by atoms with Crippen molar-refractivity contribution in [2.45, 2.75) is 58.1 Å². The van der Waals surface area contributed by atoms with Gasteiger partial charge in [0.25, 0.3) is 10.2 Å². The van der Waals surface area contributed by atoms with E-state index in [0.717, 1.165) is 12.8 Å². The van der Waals surface area contributed by atoms with Gasteiger partial charge in [0.05, 0.1) is 0 Å². The monoisotopic (exact) mass is 304 g/mol. The molecule has 0 bridgehead atoms. The number of carbonyl (C=O) groups excluding carboxylic acids is 1. The van der Waals surface area contributed by atoms with Gasteiger partial charge in [0, 0.05) is 19.6 Å². The quantitative estimate of drug-likeness (QED) is 0.733. The summed E-state index contributed by atoms with van der Waals surface area (Å²) in [5, 5.41) is 0. The molecule has 0 aromatic heterocycles. The van der Waals surface area contributed by atoms with Crippen LogP contribution in [0.4, 0.5) is 0 Å². The molecule has 7 heteroatoms. The molecule has 0 radical (unpaired) electrons. The number of hydrogen-bond acceptors (Lipinski definition) is 4. The highest BCUT2D eigenvalue weighted by atomic mass is 32.2. The third-order valence-corrected chi connectivity index (χ3v) is 5.62. The van der Waals surface area contributed by atoms with E-state index in [0.29, 0.717) is 32.5 Å². The standard InChI is InChI=1S/C13H24N2O4S/c1-13(2,3)19-12(16)11-7-6-10-15(11)20(17,18)14-8-4-5-9-14/h11H,4-10H2,1-3H3/t11-/m0/s1. The highest BCUT2D eigenvalue weighted by Gasteiger charge is 2.43. The number of carbonyl (C=O) groups is 1. The van der Waals surface area contributed by atoms with Gasteiger partial charge in [-0.05, 0) is 46.5 Å². The van der Waals surface area contributed by atoms with E-state index in [1.165, 1.54) is 8.61 Å². The Morgan fingerprint density at radius 3 is 2.25 bits per heavy atom. The molecule has 20 heavy (non-hydrogen) atoms. The molecule has 0 N–H and O–H groups in total. The second-order valence-electron chi connectivity index (χ2n) is 6.42. The second kappa shape index (κ2) is 5.61. The highest BCUT2D eigenvalue weighted by molar-refractivity contribution is 7.86. The number of nitrogens with zero attached hydrogens (tertiary/aromatic N) is 2. The van der Waals surface area contributed by atoms with Gasteiger partial charge in [0.2, 0.25) is 0 Å². The lowest BCUT2D eigenvalue weighted by Gasteiger charge is -2.29. The fraction of sp³-hybridized carbons (Fsp3) is 0.923. The first kappa shape index (κ1) is 15.7. The zero-order chi connectivity index (χ0) is 15.0. The summed E-state index contributed by atoms with van der Waals surface area (Å²) in [7, 11) is -3.52. The largest absolute Gasteiger partial charge is 0.459 e. The molecule has 0 saturated carbocycles. The van der Waals surface area contributed by atoms with E-state index in [4.69, 9.17) is 4.74 Å². The van der Waals surface area contributed by atoms with Crippen molar-refractivity contribution in [1.82, 2.24) is 8.61 Å².